The van der Waals surface area contributed by atoms with Crippen molar-refractivity contribution in [2.75, 3.05) is 5.32 Å². The summed E-state index contributed by atoms with van der Waals surface area (Å²) in [5.41, 5.74) is 1.22. The van der Waals surface area contributed by atoms with E-state index in [-0.39, 0.29) is 17.2 Å². The van der Waals surface area contributed by atoms with E-state index in [2.05, 4.69) is 42.6 Å². The number of amides is 1. The first kappa shape index (κ1) is 13.4. The highest BCUT2D eigenvalue weighted by Crippen LogP contribution is 2.43. The molecule has 0 unspecified atom stereocenters. The molecule has 3 rings (SSSR count). The number of anilines is 1. The average molecular weight is 289 g/mol. The summed E-state index contributed by atoms with van der Waals surface area (Å²) in [5.74, 6) is 1.18. The predicted octanol–water partition coefficient (Wildman–Crippen LogP) is 3.46. The first-order chi connectivity index (χ1) is 9.45. The van der Waals surface area contributed by atoms with E-state index in [1.165, 1.54) is 4.88 Å². The second-order valence-corrected chi connectivity index (χ2v) is 7.39. The highest BCUT2D eigenvalue weighted by Gasteiger charge is 2.36. The fourth-order valence-corrected chi connectivity index (χ4v) is 3.40. The molecule has 0 aromatic carbocycles. The molecule has 4 nitrogen and oxygen atoms in total. The van der Waals surface area contributed by atoms with E-state index in [9.17, 15) is 4.79 Å². The maximum atomic E-state index is 12.0. The van der Waals surface area contributed by atoms with Crippen molar-refractivity contribution in [2.24, 2.45) is 5.41 Å². The van der Waals surface area contributed by atoms with Gasteiger partial charge in [-0.05, 0) is 16.9 Å². The third-order valence-corrected chi connectivity index (χ3v) is 4.68. The molecule has 1 aliphatic rings. The van der Waals surface area contributed by atoms with Crippen molar-refractivity contribution in [1.82, 2.24) is 9.78 Å². The number of rotatable bonds is 2. The Hall–Kier alpha value is -1.62. The summed E-state index contributed by atoms with van der Waals surface area (Å²) in [7, 11) is 0. The van der Waals surface area contributed by atoms with Crippen LogP contribution in [0.2, 0.25) is 0 Å². The summed E-state index contributed by atoms with van der Waals surface area (Å²) in [4.78, 5) is 13.2. The van der Waals surface area contributed by atoms with Gasteiger partial charge in [0.25, 0.3) is 0 Å². The van der Waals surface area contributed by atoms with Gasteiger partial charge in [0.1, 0.15) is 5.82 Å². The number of nitrogens with one attached hydrogen (secondary N) is 1. The monoisotopic (exact) mass is 289 g/mol. The molecule has 1 amide bonds. The summed E-state index contributed by atoms with van der Waals surface area (Å²) in [6, 6.07) is 4.12. The summed E-state index contributed by atoms with van der Waals surface area (Å²) < 4.78 is 1.90. The second-order valence-electron chi connectivity index (χ2n) is 6.36. The predicted molar refractivity (Wildman–Crippen MR) is 81.1 cm³/mol. The van der Waals surface area contributed by atoms with Crippen LogP contribution in [0, 0.1) is 5.41 Å². The van der Waals surface area contributed by atoms with E-state index in [4.69, 9.17) is 0 Å². The maximum Gasteiger partial charge on any atom is 0.226 e. The van der Waals surface area contributed by atoms with E-state index in [1.54, 1.807) is 11.3 Å². The third kappa shape index (κ3) is 2.38. The van der Waals surface area contributed by atoms with Gasteiger partial charge in [-0.25, -0.2) is 4.68 Å². The Bertz CT molecular complexity index is 622. The van der Waals surface area contributed by atoms with Crippen LogP contribution in [0.4, 0.5) is 5.82 Å². The number of carbonyl (C=O) groups is 1. The zero-order valence-corrected chi connectivity index (χ0v) is 12.8. The van der Waals surface area contributed by atoms with Gasteiger partial charge in [0.05, 0.1) is 12.7 Å². The summed E-state index contributed by atoms with van der Waals surface area (Å²) in [6.07, 6.45) is 2.46. The highest BCUT2D eigenvalue weighted by atomic mass is 32.1. The Labute approximate surface area is 122 Å². The van der Waals surface area contributed by atoms with E-state index in [0.717, 1.165) is 11.4 Å². The SMILES string of the molecule is CC(C)(C)[C@H]1CC(=O)Nc2c1cnn2Cc1cccs1. The molecule has 106 valence electrons. The van der Waals surface area contributed by atoms with E-state index in [0.29, 0.717) is 13.0 Å². The molecule has 0 aliphatic carbocycles. The summed E-state index contributed by atoms with van der Waals surface area (Å²) in [5, 5.41) is 9.53. The molecule has 0 saturated carbocycles. The van der Waals surface area contributed by atoms with Gasteiger partial charge in [0.15, 0.2) is 0 Å². The van der Waals surface area contributed by atoms with E-state index in [1.807, 2.05) is 16.9 Å². The van der Waals surface area contributed by atoms with Crippen molar-refractivity contribution < 1.29 is 4.79 Å². The van der Waals surface area contributed by atoms with Crippen LogP contribution in [0.25, 0.3) is 0 Å². The number of thiophene rings is 1. The van der Waals surface area contributed by atoms with Gasteiger partial charge in [-0.1, -0.05) is 26.8 Å². The van der Waals surface area contributed by atoms with Crippen LogP contribution in [-0.2, 0) is 11.3 Å². The first-order valence-electron chi connectivity index (χ1n) is 6.83. The van der Waals surface area contributed by atoms with Crippen LogP contribution in [0.15, 0.2) is 23.7 Å². The summed E-state index contributed by atoms with van der Waals surface area (Å²) >= 11 is 1.71. The fraction of sp³-hybridized carbons (Fsp3) is 0.467. The minimum absolute atomic E-state index is 0.0588. The first-order valence-corrected chi connectivity index (χ1v) is 7.71. The molecule has 2 aromatic rings. The molecule has 3 heterocycles. The lowest BCUT2D eigenvalue weighted by Crippen LogP contribution is -2.30. The van der Waals surface area contributed by atoms with Gasteiger partial charge in [0.2, 0.25) is 5.91 Å². The van der Waals surface area contributed by atoms with Crippen LogP contribution >= 0.6 is 11.3 Å². The molecule has 1 aliphatic heterocycles. The molecule has 0 saturated heterocycles. The number of aromatic nitrogens is 2. The van der Waals surface area contributed by atoms with E-state index < -0.39 is 0 Å². The Kier molecular flexibility index (Phi) is 3.17. The topological polar surface area (TPSA) is 46.9 Å². The van der Waals surface area contributed by atoms with Crippen LogP contribution < -0.4 is 5.32 Å². The zero-order chi connectivity index (χ0) is 14.3. The molecule has 0 radical (unpaired) electrons. The Morgan fingerprint density at radius 2 is 2.30 bits per heavy atom. The molecule has 0 spiro atoms. The fourth-order valence-electron chi connectivity index (χ4n) is 2.71. The molecule has 1 N–H and O–H groups in total. The number of hydrogen-bond donors (Lipinski definition) is 1. The molecule has 5 heteroatoms. The Balaban J connectivity index is 1.97. The maximum absolute atomic E-state index is 12.0. The van der Waals surface area contributed by atoms with Crippen LogP contribution in [0.5, 0.6) is 0 Å². The number of hydrogen-bond acceptors (Lipinski definition) is 3. The second kappa shape index (κ2) is 4.74. The lowest BCUT2D eigenvalue weighted by molar-refractivity contribution is -0.117. The van der Waals surface area contributed by atoms with Crippen molar-refractivity contribution in [3.63, 3.8) is 0 Å². The summed E-state index contributed by atoms with van der Waals surface area (Å²) in [6.45, 7) is 7.24. The lowest BCUT2D eigenvalue weighted by Gasteiger charge is -2.33. The average Bonchev–Trinajstić information content (AvgIpc) is 2.98. The zero-order valence-electron chi connectivity index (χ0n) is 12.0. The Morgan fingerprint density at radius 3 is 2.95 bits per heavy atom. The van der Waals surface area contributed by atoms with Gasteiger partial charge >= 0.3 is 0 Å². The van der Waals surface area contributed by atoms with Gasteiger partial charge in [-0.15, -0.1) is 11.3 Å². The largest absolute Gasteiger partial charge is 0.311 e. The third-order valence-electron chi connectivity index (χ3n) is 3.82. The standard InChI is InChI=1S/C15H19N3OS/c1-15(2,3)12-7-13(19)17-14-11(12)8-16-18(14)9-10-5-4-6-20-10/h4-6,8,12H,7,9H2,1-3H3,(H,17,19)/t12-/m0/s1. The molecule has 0 bridgehead atoms. The highest BCUT2D eigenvalue weighted by molar-refractivity contribution is 7.09. The molecule has 1 atom stereocenters. The van der Waals surface area contributed by atoms with Crippen molar-refractivity contribution in [2.45, 2.75) is 39.7 Å². The minimum atomic E-state index is 0.0588. The number of carbonyl (C=O) groups excluding carboxylic acids is 1. The van der Waals surface area contributed by atoms with Gasteiger partial charge in [-0.3, -0.25) is 4.79 Å². The number of fused-ring (bicyclic) bond motifs is 1. The van der Waals surface area contributed by atoms with Crippen molar-refractivity contribution >= 4 is 23.1 Å². The molecular formula is C15H19N3OS. The van der Waals surface area contributed by atoms with Crippen LogP contribution in [0.1, 0.15) is 43.6 Å². The van der Waals surface area contributed by atoms with Crippen molar-refractivity contribution in [1.29, 1.82) is 0 Å². The van der Waals surface area contributed by atoms with E-state index >= 15 is 0 Å². The lowest BCUT2D eigenvalue weighted by atomic mass is 9.74. The van der Waals surface area contributed by atoms with Gasteiger partial charge in [0, 0.05) is 22.8 Å². The minimum Gasteiger partial charge on any atom is -0.311 e. The Morgan fingerprint density at radius 1 is 1.50 bits per heavy atom. The normalized spacial score (nSPS) is 18.8. The van der Waals surface area contributed by atoms with Crippen LogP contribution in [-0.4, -0.2) is 15.7 Å². The molecular weight excluding hydrogens is 270 g/mol. The smallest absolute Gasteiger partial charge is 0.226 e. The van der Waals surface area contributed by atoms with Gasteiger partial charge < -0.3 is 5.32 Å². The molecule has 2 aromatic heterocycles. The molecule has 0 fully saturated rings. The molecule has 20 heavy (non-hydrogen) atoms. The number of nitrogens with zero attached hydrogens (tertiary/aromatic N) is 2. The van der Waals surface area contributed by atoms with Crippen molar-refractivity contribution in [3.05, 3.63) is 34.2 Å². The van der Waals surface area contributed by atoms with Gasteiger partial charge in [-0.2, -0.15) is 5.10 Å². The quantitative estimate of drug-likeness (QED) is 0.920. The van der Waals surface area contributed by atoms with Crippen LogP contribution in [0.3, 0.4) is 0 Å². The van der Waals surface area contributed by atoms with Crippen molar-refractivity contribution in [3.8, 4) is 0 Å².